The fraction of sp³-hybridized carbons (Fsp3) is 0.190. The minimum absolute atomic E-state index is 0.0606. The number of aryl methyl sites for hydroxylation is 1. The normalized spacial score (nSPS) is 17.8. The van der Waals surface area contributed by atoms with E-state index in [1.54, 1.807) is 12.1 Å². The molecule has 0 fully saturated rings. The molecule has 26 heavy (non-hydrogen) atoms. The molecule has 0 bridgehead atoms. The third kappa shape index (κ3) is 3.35. The Labute approximate surface area is 154 Å². The number of hydrogen-bond donors (Lipinski definition) is 0. The monoisotopic (exact) mass is 367 g/mol. The van der Waals surface area contributed by atoms with Gasteiger partial charge in [-0.3, -0.25) is 4.79 Å². The minimum Gasteiger partial charge on any atom is -0.269 e. The fourth-order valence-electron chi connectivity index (χ4n) is 3.05. The van der Waals surface area contributed by atoms with Crippen LogP contribution in [-0.2, 0) is 14.8 Å². The molecular formula is C21H21NO3S. The van der Waals surface area contributed by atoms with Crippen LogP contribution in [-0.4, -0.2) is 25.2 Å². The summed E-state index contributed by atoms with van der Waals surface area (Å²) in [5.41, 5.74) is 3.48. The number of sulfonamides is 1. The molecule has 0 N–H and O–H groups in total. The largest absolute Gasteiger partial charge is 0.269 e. The number of amides is 1. The molecule has 0 radical (unpaired) electrons. The van der Waals surface area contributed by atoms with Gasteiger partial charge in [-0.1, -0.05) is 60.2 Å². The molecule has 0 aliphatic carbocycles. The van der Waals surface area contributed by atoms with Gasteiger partial charge in [0.25, 0.3) is 15.9 Å². The first-order chi connectivity index (χ1) is 12.3. The third-order valence-corrected chi connectivity index (χ3v) is 6.34. The molecule has 1 unspecified atom stereocenters. The van der Waals surface area contributed by atoms with Crippen molar-refractivity contribution in [1.82, 2.24) is 4.31 Å². The first kappa shape index (κ1) is 18.1. The third-order valence-electron chi connectivity index (χ3n) is 4.56. The molecule has 134 valence electrons. The van der Waals surface area contributed by atoms with Crippen LogP contribution in [0.4, 0.5) is 0 Å². The maximum atomic E-state index is 13.0. The lowest BCUT2D eigenvalue weighted by molar-refractivity contribution is -0.122. The van der Waals surface area contributed by atoms with E-state index < -0.39 is 15.9 Å². The van der Waals surface area contributed by atoms with Crippen LogP contribution in [0.25, 0.3) is 5.57 Å². The van der Waals surface area contributed by atoms with Crippen molar-refractivity contribution >= 4 is 21.5 Å². The highest BCUT2D eigenvalue weighted by Gasteiger charge is 2.36. The van der Waals surface area contributed by atoms with Crippen LogP contribution >= 0.6 is 0 Å². The lowest BCUT2D eigenvalue weighted by Gasteiger charge is -2.32. The maximum absolute atomic E-state index is 13.0. The average molecular weight is 367 g/mol. The van der Waals surface area contributed by atoms with Crippen molar-refractivity contribution in [2.24, 2.45) is 5.92 Å². The van der Waals surface area contributed by atoms with Crippen molar-refractivity contribution in [2.75, 3.05) is 6.54 Å². The number of benzene rings is 2. The molecule has 0 aromatic heterocycles. The molecule has 5 heteroatoms. The van der Waals surface area contributed by atoms with Crippen LogP contribution in [0.5, 0.6) is 0 Å². The zero-order valence-electron chi connectivity index (χ0n) is 14.8. The zero-order chi connectivity index (χ0) is 18.9. The van der Waals surface area contributed by atoms with E-state index in [0.29, 0.717) is 0 Å². The second-order valence-corrected chi connectivity index (χ2v) is 8.41. The summed E-state index contributed by atoms with van der Waals surface area (Å²) < 4.78 is 26.9. The molecule has 2 aromatic carbocycles. The predicted octanol–water partition coefficient (Wildman–Crippen LogP) is 3.80. The van der Waals surface area contributed by atoms with Gasteiger partial charge in [-0.15, -0.1) is 0 Å². The average Bonchev–Trinajstić information content (AvgIpc) is 2.62. The second-order valence-electron chi connectivity index (χ2n) is 6.55. The van der Waals surface area contributed by atoms with Crippen LogP contribution < -0.4 is 0 Å². The molecular weight excluding hydrogens is 346 g/mol. The summed E-state index contributed by atoms with van der Waals surface area (Å²) in [6.07, 6.45) is 1.42. The first-order valence-electron chi connectivity index (χ1n) is 8.36. The van der Waals surface area contributed by atoms with Crippen molar-refractivity contribution < 1.29 is 13.2 Å². The van der Waals surface area contributed by atoms with Crippen molar-refractivity contribution in [3.8, 4) is 0 Å². The molecule has 0 saturated carbocycles. The minimum atomic E-state index is -3.90. The fourth-order valence-corrected chi connectivity index (χ4v) is 4.42. The van der Waals surface area contributed by atoms with Gasteiger partial charge in [0.2, 0.25) is 0 Å². The molecule has 1 atom stereocenters. The topological polar surface area (TPSA) is 54.5 Å². The highest BCUT2D eigenvalue weighted by Crippen LogP contribution is 2.34. The maximum Gasteiger partial charge on any atom is 0.266 e. The van der Waals surface area contributed by atoms with Gasteiger partial charge in [0.15, 0.2) is 0 Å². The Balaban J connectivity index is 2.04. The van der Waals surface area contributed by atoms with Crippen molar-refractivity contribution in [3.05, 3.63) is 84.0 Å². The zero-order valence-corrected chi connectivity index (χ0v) is 15.7. The van der Waals surface area contributed by atoms with Gasteiger partial charge in [0.05, 0.1) is 4.90 Å². The predicted molar refractivity (Wildman–Crippen MR) is 103 cm³/mol. The van der Waals surface area contributed by atoms with Crippen molar-refractivity contribution in [1.29, 1.82) is 0 Å². The lowest BCUT2D eigenvalue weighted by atomic mass is 9.85. The van der Waals surface area contributed by atoms with Crippen LogP contribution in [0.2, 0.25) is 0 Å². The van der Waals surface area contributed by atoms with Crippen molar-refractivity contribution in [2.45, 2.75) is 18.7 Å². The molecule has 1 amide bonds. The smallest absolute Gasteiger partial charge is 0.266 e. The summed E-state index contributed by atoms with van der Waals surface area (Å²) in [4.78, 5) is 12.8. The Morgan fingerprint density at radius 1 is 1.08 bits per heavy atom. The Morgan fingerprint density at radius 2 is 1.69 bits per heavy atom. The Hall–Kier alpha value is -2.66. The highest BCUT2D eigenvalue weighted by molar-refractivity contribution is 7.89. The van der Waals surface area contributed by atoms with Gasteiger partial charge in [0.1, 0.15) is 0 Å². The molecule has 0 saturated heterocycles. The molecule has 0 spiro atoms. The summed E-state index contributed by atoms with van der Waals surface area (Å²) >= 11 is 0. The number of carbonyl (C=O) groups excluding carboxylic acids is 1. The van der Waals surface area contributed by atoms with E-state index in [4.69, 9.17) is 0 Å². The van der Waals surface area contributed by atoms with E-state index in [9.17, 15) is 13.2 Å². The van der Waals surface area contributed by atoms with Gasteiger partial charge in [-0.25, -0.2) is 12.7 Å². The molecule has 4 nitrogen and oxygen atoms in total. The Kier molecular flexibility index (Phi) is 4.83. The summed E-state index contributed by atoms with van der Waals surface area (Å²) in [6, 6.07) is 16.0. The lowest BCUT2D eigenvalue weighted by Crippen LogP contribution is -2.43. The molecule has 3 rings (SSSR count). The summed E-state index contributed by atoms with van der Waals surface area (Å²) in [7, 11) is -3.90. The summed E-state index contributed by atoms with van der Waals surface area (Å²) in [5.74, 6) is -0.766. The van der Waals surface area contributed by atoms with Gasteiger partial charge < -0.3 is 0 Å². The number of rotatable bonds is 4. The number of carbonyl (C=O) groups is 1. The van der Waals surface area contributed by atoms with Gasteiger partial charge >= 0.3 is 0 Å². The molecule has 1 aliphatic heterocycles. The first-order valence-corrected chi connectivity index (χ1v) is 9.80. The molecule has 2 aromatic rings. The van der Waals surface area contributed by atoms with Gasteiger partial charge in [-0.2, -0.15) is 0 Å². The van der Waals surface area contributed by atoms with Gasteiger partial charge in [0, 0.05) is 18.5 Å². The number of nitrogens with zero attached hydrogens (tertiary/aromatic N) is 1. The van der Waals surface area contributed by atoms with Crippen LogP contribution in [0.3, 0.4) is 0 Å². The van der Waals surface area contributed by atoms with E-state index in [0.717, 1.165) is 26.6 Å². The van der Waals surface area contributed by atoms with Crippen LogP contribution in [0, 0.1) is 12.8 Å². The standard InChI is InChI=1S/C21H21NO3S/c1-15(2)20-14-22(26(24,25)18-11-9-16(3)10-12-18)21(23)13-19(20)17-7-5-4-6-8-17/h4-13,20H,1,14H2,2-3H3. The van der Waals surface area contributed by atoms with E-state index in [-0.39, 0.29) is 17.4 Å². The second kappa shape index (κ2) is 6.92. The van der Waals surface area contributed by atoms with E-state index in [1.807, 2.05) is 44.2 Å². The van der Waals surface area contributed by atoms with E-state index in [2.05, 4.69) is 6.58 Å². The number of hydrogen-bond acceptors (Lipinski definition) is 3. The summed E-state index contributed by atoms with van der Waals surface area (Å²) in [6.45, 7) is 7.81. The SMILES string of the molecule is C=C(C)C1CN(S(=O)(=O)c2ccc(C)cc2)C(=O)C=C1c1ccccc1. The summed E-state index contributed by atoms with van der Waals surface area (Å²) in [5, 5.41) is 0. The molecule has 1 aliphatic rings. The van der Waals surface area contributed by atoms with Crippen molar-refractivity contribution in [3.63, 3.8) is 0 Å². The molecule has 1 heterocycles. The van der Waals surface area contributed by atoms with Gasteiger partial charge in [-0.05, 0) is 37.1 Å². The Morgan fingerprint density at radius 3 is 2.27 bits per heavy atom. The van der Waals surface area contributed by atoms with E-state index >= 15 is 0 Å². The quantitative estimate of drug-likeness (QED) is 0.773. The highest BCUT2D eigenvalue weighted by atomic mass is 32.2. The Bertz CT molecular complexity index is 974. The van der Waals surface area contributed by atoms with Crippen LogP contribution in [0.15, 0.2) is 77.7 Å². The van der Waals surface area contributed by atoms with E-state index in [1.165, 1.54) is 18.2 Å². The van der Waals surface area contributed by atoms with Crippen LogP contribution in [0.1, 0.15) is 18.1 Å².